The Morgan fingerprint density at radius 3 is 2.64 bits per heavy atom. The monoisotopic (exact) mass is 371 g/mol. The smallest absolute Gasteiger partial charge is 0.274 e. The van der Waals surface area contributed by atoms with E-state index in [0.717, 1.165) is 28.9 Å². The second kappa shape index (κ2) is 7.27. The molecular weight excluding hydrogens is 350 g/mol. The highest BCUT2D eigenvalue weighted by Crippen LogP contribution is 2.33. The van der Waals surface area contributed by atoms with E-state index in [-0.39, 0.29) is 23.6 Å². The number of rotatable bonds is 3. The van der Waals surface area contributed by atoms with Crippen molar-refractivity contribution in [1.29, 1.82) is 0 Å². The van der Waals surface area contributed by atoms with E-state index in [0.29, 0.717) is 5.56 Å². The molecule has 2 aromatic carbocycles. The molecule has 1 aromatic heterocycles. The van der Waals surface area contributed by atoms with Crippen molar-refractivity contribution in [3.8, 4) is 0 Å². The summed E-state index contributed by atoms with van der Waals surface area (Å²) >= 11 is 0. The summed E-state index contributed by atoms with van der Waals surface area (Å²) < 4.78 is 0. The number of benzene rings is 2. The summed E-state index contributed by atoms with van der Waals surface area (Å²) in [6.07, 6.45) is 2.33. The summed E-state index contributed by atoms with van der Waals surface area (Å²) in [5, 5.41) is 2.86. The highest BCUT2D eigenvalue weighted by molar-refractivity contribution is 6.10. The fourth-order valence-corrected chi connectivity index (χ4v) is 3.60. The first kappa shape index (κ1) is 17.9. The second-order valence-electron chi connectivity index (χ2n) is 7.06. The van der Waals surface area contributed by atoms with Crippen molar-refractivity contribution < 1.29 is 9.59 Å². The van der Waals surface area contributed by atoms with Gasteiger partial charge >= 0.3 is 0 Å². The van der Waals surface area contributed by atoms with Crippen LogP contribution in [0, 0.1) is 6.92 Å². The van der Waals surface area contributed by atoms with E-state index in [1.807, 2.05) is 62.4 Å². The number of amides is 2. The number of aromatic nitrogens is 1. The van der Waals surface area contributed by atoms with Crippen LogP contribution in [-0.4, -0.2) is 22.8 Å². The normalized spacial score (nSPS) is 15.2. The lowest BCUT2D eigenvalue weighted by Gasteiger charge is -2.23. The highest BCUT2D eigenvalue weighted by atomic mass is 16.2. The van der Waals surface area contributed by atoms with Gasteiger partial charge in [0.15, 0.2) is 0 Å². The van der Waals surface area contributed by atoms with E-state index < -0.39 is 0 Å². The summed E-state index contributed by atoms with van der Waals surface area (Å²) in [6.45, 7) is 3.96. The molecule has 1 aliphatic rings. The second-order valence-corrected chi connectivity index (χ2v) is 7.06. The predicted molar refractivity (Wildman–Crippen MR) is 110 cm³/mol. The summed E-state index contributed by atoms with van der Waals surface area (Å²) in [7, 11) is 0. The van der Waals surface area contributed by atoms with Gasteiger partial charge in [0.1, 0.15) is 5.69 Å². The quantitative estimate of drug-likeness (QED) is 0.749. The third-order valence-electron chi connectivity index (χ3n) is 5.06. The lowest BCUT2D eigenvalue weighted by Crippen LogP contribution is -2.35. The molecule has 1 atom stereocenters. The number of hydrogen-bond donors (Lipinski definition) is 1. The third-order valence-corrected chi connectivity index (χ3v) is 5.06. The maximum Gasteiger partial charge on any atom is 0.274 e. The molecule has 1 unspecified atom stereocenters. The molecule has 0 saturated carbocycles. The van der Waals surface area contributed by atoms with E-state index in [2.05, 4.69) is 10.3 Å². The molecule has 5 nitrogen and oxygen atoms in total. The highest BCUT2D eigenvalue weighted by Gasteiger charge is 2.31. The number of pyridine rings is 1. The maximum absolute atomic E-state index is 13.2. The van der Waals surface area contributed by atoms with Crippen LogP contribution in [-0.2, 0) is 6.42 Å². The number of aryl methyl sites for hydroxylation is 1. The largest absolute Gasteiger partial charge is 0.320 e. The van der Waals surface area contributed by atoms with Crippen molar-refractivity contribution >= 4 is 23.2 Å². The minimum atomic E-state index is -0.334. The van der Waals surface area contributed by atoms with Crippen molar-refractivity contribution in [2.24, 2.45) is 0 Å². The molecule has 0 radical (unpaired) electrons. The van der Waals surface area contributed by atoms with Gasteiger partial charge in [-0.3, -0.25) is 14.6 Å². The van der Waals surface area contributed by atoms with Crippen LogP contribution in [0.3, 0.4) is 0 Å². The van der Waals surface area contributed by atoms with E-state index in [1.165, 1.54) is 6.20 Å². The molecule has 0 fully saturated rings. The van der Waals surface area contributed by atoms with Gasteiger partial charge in [-0.05, 0) is 55.7 Å². The van der Waals surface area contributed by atoms with Gasteiger partial charge in [0, 0.05) is 29.2 Å². The SMILES string of the molecule is Cc1ccccc1NC(=O)c1cc(C(=O)N2c3ccccc3CC2C)ccn1. The maximum atomic E-state index is 13.2. The minimum absolute atomic E-state index is 0.0716. The van der Waals surface area contributed by atoms with E-state index in [4.69, 9.17) is 0 Å². The van der Waals surface area contributed by atoms with Crippen LogP contribution in [0.4, 0.5) is 11.4 Å². The molecule has 28 heavy (non-hydrogen) atoms. The molecule has 2 amide bonds. The standard InChI is InChI=1S/C23H21N3O2/c1-15-7-3-5-9-19(15)25-22(27)20-14-18(11-12-24-20)23(28)26-16(2)13-17-8-4-6-10-21(17)26/h3-12,14,16H,13H2,1-2H3,(H,25,27). The van der Waals surface area contributed by atoms with Gasteiger partial charge in [0.05, 0.1) is 0 Å². The Bertz CT molecular complexity index is 1060. The van der Waals surface area contributed by atoms with Crippen LogP contribution in [0.15, 0.2) is 66.9 Å². The number of carbonyl (C=O) groups excluding carboxylic acids is 2. The Labute approximate surface area is 164 Å². The van der Waals surface area contributed by atoms with E-state index in [1.54, 1.807) is 17.0 Å². The Morgan fingerprint density at radius 2 is 1.82 bits per heavy atom. The van der Waals surface area contributed by atoms with Crippen LogP contribution in [0.25, 0.3) is 0 Å². The van der Waals surface area contributed by atoms with Gasteiger partial charge < -0.3 is 10.2 Å². The summed E-state index contributed by atoms with van der Waals surface area (Å²) in [5.41, 5.74) is 4.46. The molecular formula is C23H21N3O2. The molecule has 3 aromatic rings. The van der Waals surface area contributed by atoms with Crippen molar-refractivity contribution in [2.75, 3.05) is 10.2 Å². The molecule has 140 valence electrons. The Balaban J connectivity index is 1.60. The Morgan fingerprint density at radius 1 is 1.07 bits per heavy atom. The number of nitrogens with one attached hydrogen (secondary N) is 1. The van der Waals surface area contributed by atoms with Gasteiger partial charge in [-0.25, -0.2) is 0 Å². The minimum Gasteiger partial charge on any atom is -0.320 e. The summed E-state index contributed by atoms with van der Waals surface area (Å²) in [4.78, 5) is 31.8. The van der Waals surface area contributed by atoms with Crippen molar-refractivity contribution in [1.82, 2.24) is 4.98 Å². The first-order chi connectivity index (χ1) is 13.5. The number of fused-ring (bicyclic) bond motifs is 1. The van der Waals surface area contributed by atoms with Gasteiger partial charge in [-0.1, -0.05) is 36.4 Å². The van der Waals surface area contributed by atoms with Gasteiger partial charge in [0.25, 0.3) is 11.8 Å². The molecule has 1 aliphatic heterocycles. The zero-order valence-corrected chi connectivity index (χ0v) is 15.8. The third kappa shape index (κ3) is 3.27. The number of anilines is 2. The number of carbonyl (C=O) groups is 2. The molecule has 0 saturated heterocycles. The van der Waals surface area contributed by atoms with Crippen LogP contribution >= 0.6 is 0 Å². The Kier molecular flexibility index (Phi) is 4.65. The number of nitrogens with zero attached hydrogens (tertiary/aromatic N) is 2. The van der Waals surface area contributed by atoms with Gasteiger partial charge in [-0.2, -0.15) is 0 Å². The first-order valence-corrected chi connectivity index (χ1v) is 9.29. The zero-order valence-electron chi connectivity index (χ0n) is 15.8. The molecule has 1 N–H and O–H groups in total. The van der Waals surface area contributed by atoms with Crippen molar-refractivity contribution in [3.05, 3.63) is 89.2 Å². The fourth-order valence-electron chi connectivity index (χ4n) is 3.60. The lowest BCUT2D eigenvalue weighted by molar-refractivity contribution is 0.0981. The molecule has 2 heterocycles. The molecule has 0 spiro atoms. The van der Waals surface area contributed by atoms with Crippen molar-refractivity contribution in [3.63, 3.8) is 0 Å². The first-order valence-electron chi connectivity index (χ1n) is 9.29. The average molecular weight is 371 g/mol. The van der Waals surface area contributed by atoms with E-state index in [9.17, 15) is 9.59 Å². The van der Waals surface area contributed by atoms with Crippen LogP contribution in [0.2, 0.25) is 0 Å². The number of para-hydroxylation sites is 2. The lowest BCUT2D eigenvalue weighted by atomic mass is 10.1. The van der Waals surface area contributed by atoms with Crippen LogP contribution in [0.5, 0.6) is 0 Å². The molecule has 0 aliphatic carbocycles. The Hall–Kier alpha value is -3.47. The molecule has 5 heteroatoms. The fraction of sp³-hybridized carbons (Fsp3) is 0.174. The predicted octanol–water partition coefficient (Wildman–Crippen LogP) is 4.23. The molecule has 4 rings (SSSR count). The van der Waals surface area contributed by atoms with Crippen LogP contribution in [0.1, 0.15) is 38.9 Å². The zero-order chi connectivity index (χ0) is 19.7. The van der Waals surface area contributed by atoms with Crippen molar-refractivity contribution in [2.45, 2.75) is 26.3 Å². The number of hydrogen-bond acceptors (Lipinski definition) is 3. The van der Waals surface area contributed by atoms with E-state index >= 15 is 0 Å². The van der Waals surface area contributed by atoms with Gasteiger partial charge in [-0.15, -0.1) is 0 Å². The van der Waals surface area contributed by atoms with Gasteiger partial charge in [0.2, 0.25) is 0 Å². The topological polar surface area (TPSA) is 62.3 Å². The average Bonchev–Trinajstić information content (AvgIpc) is 3.05. The summed E-state index contributed by atoms with van der Waals surface area (Å²) in [6, 6.07) is 18.8. The van der Waals surface area contributed by atoms with Crippen LogP contribution < -0.4 is 10.2 Å². The molecule has 0 bridgehead atoms. The summed E-state index contributed by atoms with van der Waals surface area (Å²) in [5.74, 6) is -0.455.